The molecule has 0 amide bonds. The van der Waals surface area contributed by atoms with Crippen LogP contribution in [-0.4, -0.2) is 36.2 Å². The Morgan fingerprint density at radius 2 is 2.14 bits per heavy atom. The maximum atomic E-state index is 8.97. The maximum Gasteiger partial charge on any atom is 0.314 e. The Labute approximate surface area is 85.7 Å². The van der Waals surface area contributed by atoms with Gasteiger partial charge in [-0.3, -0.25) is 9.66 Å². The molecule has 1 aromatic heterocycles. The zero-order valence-corrected chi connectivity index (χ0v) is 9.01. The van der Waals surface area contributed by atoms with Gasteiger partial charge in [0.15, 0.2) is 5.82 Å². The van der Waals surface area contributed by atoms with E-state index < -0.39 is 19.7 Å². The van der Waals surface area contributed by atoms with Crippen LogP contribution in [-0.2, 0) is 4.57 Å². The minimum Gasteiger partial charge on any atom is -0.391 e. The Morgan fingerprint density at radius 1 is 1.64 bits per heavy atom. The van der Waals surface area contributed by atoms with Crippen molar-refractivity contribution < 1.29 is 19.5 Å². The third-order valence-electron chi connectivity index (χ3n) is 1.10. The number of aromatic amines is 1. The largest absolute Gasteiger partial charge is 0.391 e. The number of aliphatic hydroxyl groups is 1. The van der Waals surface area contributed by atoms with E-state index in [4.69, 9.17) is 31.1 Å². The molecule has 14 heavy (non-hydrogen) atoms. The summed E-state index contributed by atoms with van der Waals surface area (Å²) < 4.78 is 8.74. The molecule has 2 atom stereocenters. The summed E-state index contributed by atoms with van der Waals surface area (Å²) in [6, 6.07) is 0. The lowest BCUT2D eigenvalue weighted by molar-refractivity contribution is 0.187. The van der Waals surface area contributed by atoms with Gasteiger partial charge >= 0.3 is 8.25 Å². The topological polar surface area (TPSA) is 119 Å². The van der Waals surface area contributed by atoms with E-state index in [0.29, 0.717) is 5.82 Å². The van der Waals surface area contributed by atoms with Crippen molar-refractivity contribution in [2.24, 2.45) is 0 Å². The van der Waals surface area contributed by atoms with Crippen molar-refractivity contribution in [3.05, 3.63) is 12.2 Å². The molecule has 0 aliphatic carbocycles. The highest BCUT2D eigenvalue weighted by Gasteiger charge is 2.16. The summed E-state index contributed by atoms with van der Waals surface area (Å²) in [7, 11) is -3.13. The Balaban J connectivity index is 0.000000364. The molecule has 0 fully saturated rings. The fourth-order valence-corrected chi connectivity index (χ4v) is 0.673. The fraction of sp³-hybridized carbons (Fsp3) is 0.600. The average Bonchev–Trinajstić information content (AvgIpc) is 2.53. The highest BCUT2D eigenvalue weighted by atomic mass is 35.5. The van der Waals surface area contributed by atoms with E-state index in [0.717, 1.165) is 0 Å². The van der Waals surface area contributed by atoms with Gasteiger partial charge in [-0.1, -0.05) is 0 Å². The van der Waals surface area contributed by atoms with Crippen molar-refractivity contribution in [2.45, 2.75) is 18.4 Å². The summed E-state index contributed by atoms with van der Waals surface area (Å²) in [6.07, 6.45) is 0.796. The number of halogens is 1. The summed E-state index contributed by atoms with van der Waals surface area (Å²) in [6.45, 7) is 1.59. The first kappa shape index (κ1) is 13.5. The zero-order chi connectivity index (χ0) is 11.1. The minimum absolute atomic E-state index is 0.427. The van der Waals surface area contributed by atoms with Crippen molar-refractivity contribution in [3.8, 4) is 0 Å². The molecule has 0 saturated heterocycles. The van der Waals surface area contributed by atoms with Gasteiger partial charge in [0, 0.05) is 0 Å². The van der Waals surface area contributed by atoms with Gasteiger partial charge in [0.2, 0.25) is 0 Å². The predicted molar refractivity (Wildman–Crippen MR) is 50.1 cm³/mol. The molecule has 0 radical (unpaired) electrons. The number of hydrogen-bond acceptors (Lipinski definition) is 4. The Hall–Kier alpha value is -0.460. The monoisotopic (exact) mass is 243 g/mol. The molecule has 1 rings (SSSR count). The Kier molecular flexibility index (Phi) is 6.69. The maximum absolute atomic E-state index is 8.97. The second kappa shape index (κ2) is 6.92. The molecular weight excluding hydrogens is 232 g/mol. The molecule has 1 aromatic rings. The second-order valence-electron chi connectivity index (χ2n) is 2.28. The van der Waals surface area contributed by atoms with Crippen molar-refractivity contribution in [1.82, 2.24) is 15.2 Å². The van der Waals surface area contributed by atoms with Gasteiger partial charge in [-0.05, 0) is 6.92 Å². The second-order valence-corrected chi connectivity index (χ2v) is 3.32. The van der Waals surface area contributed by atoms with Crippen LogP contribution < -0.4 is 0 Å². The average molecular weight is 244 g/mol. The van der Waals surface area contributed by atoms with E-state index in [9.17, 15) is 0 Å². The first-order valence-corrected chi connectivity index (χ1v) is 5.28. The van der Waals surface area contributed by atoms with Crippen molar-refractivity contribution in [1.29, 1.82) is 0 Å². The smallest absolute Gasteiger partial charge is 0.314 e. The van der Waals surface area contributed by atoms with Gasteiger partial charge < -0.3 is 14.9 Å². The van der Waals surface area contributed by atoms with Crippen LogP contribution in [0.2, 0.25) is 0 Å². The highest BCUT2D eigenvalue weighted by molar-refractivity contribution is 7.30. The molecule has 0 aromatic carbocycles. The number of rotatable bonds is 2. The zero-order valence-electron chi connectivity index (χ0n) is 7.25. The lowest BCUT2D eigenvalue weighted by Gasteiger charge is -2.06. The molecule has 0 bridgehead atoms. The Morgan fingerprint density at radius 3 is 2.43 bits per heavy atom. The van der Waals surface area contributed by atoms with Gasteiger partial charge in [-0.25, -0.2) is 4.98 Å². The minimum atomic E-state index is -3.13. The molecule has 0 saturated carbocycles. The normalized spacial score (nSPS) is 14.4. The summed E-state index contributed by atoms with van der Waals surface area (Å²) in [5, 5.41) is 14.7. The van der Waals surface area contributed by atoms with E-state index in [1.807, 2.05) is 0 Å². The third-order valence-corrected chi connectivity index (χ3v) is 1.66. The molecule has 1 heterocycles. The number of aromatic nitrogens is 3. The van der Waals surface area contributed by atoms with Crippen LogP contribution in [0.5, 0.6) is 0 Å². The van der Waals surface area contributed by atoms with E-state index in [-0.39, 0.29) is 0 Å². The van der Waals surface area contributed by atoms with Gasteiger partial charge in [-0.15, -0.1) is 11.6 Å². The van der Waals surface area contributed by atoms with Gasteiger partial charge in [0.25, 0.3) is 0 Å². The fourth-order valence-electron chi connectivity index (χ4n) is 0.567. The summed E-state index contributed by atoms with van der Waals surface area (Å²) in [5.74, 6) is 0.427. The molecule has 9 heteroatoms. The summed E-state index contributed by atoms with van der Waals surface area (Å²) in [4.78, 5) is 18.1. The molecule has 0 aliphatic heterocycles. The first-order chi connectivity index (χ1) is 6.45. The molecule has 2 unspecified atom stereocenters. The SMILES string of the molecule is CC(O)C(Cl)c1nc[nH]n1.O=[PH](O)O. The van der Waals surface area contributed by atoms with E-state index in [1.165, 1.54) is 6.33 Å². The van der Waals surface area contributed by atoms with Crippen molar-refractivity contribution in [2.75, 3.05) is 0 Å². The van der Waals surface area contributed by atoms with E-state index >= 15 is 0 Å². The van der Waals surface area contributed by atoms with Crippen LogP contribution in [0, 0.1) is 0 Å². The number of H-pyrrole nitrogens is 1. The molecular formula is C5H11ClN3O4P. The van der Waals surface area contributed by atoms with Crippen LogP contribution in [0.4, 0.5) is 0 Å². The lowest BCUT2D eigenvalue weighted by Crippen LogP contribution is -2.10. The van der Waals surface area contributed by atoms with Crippen molar-refractivity contribution >= 4 is 19.9 Å². The summed E-state index contributed by atoms with van der Waals surface area (Å²) >= 11 is 5.69. The molecule has 0 aliphatic rings. The van der Waals surface area contributed by atoms with E-state index in [2.05, 4.69) is 15.2 Å². The van der Waals surface area contributed by atoms with Gasteiger partial charge in [0.05, 0.1) is 6.10 Å². The van der Waals surface area contributed by atoms with Crippen LogP contribution in [0.3, 0.4) is 0 Å². The van der Waals surface area contributed by atoms with E-state index in [1.54, 1.807) is 6.92 Å². The lowest BCUT2D eigenvalue weighted by atomic mass is 10.3. The first-order valence-electron chi connectivity index (χ1n) is 3.54. The number of aliphatic hydroxyl groups excluding tert-OH is 1. The van der Waals surface area contributed by atoms with Gasteiger partial charge in [0.1, 0.15) is 11.7 Å². The van der Waals surface area contributed by atoms with Crippen LogP contribution >= 0.6 is 19.9 Å². The van der Waals surface area contributed by atoms with Gasteiger partial charge in [-0.2, -0.15) is 5.10 Å². The number of nitrogens with one attached hydrogen (secondary N) is 1. The molecule has 82 valence electrons. The summed E-state index contributed by atoms with van der Waals surface area (Å²) in [5.41, 5.74) is 0. The number of alkyl halides is 1. The highest BCUT2D eigenvalue weighted by Crippen LogP contribution is 2.18. The van der Waals surface area contributed by atoms with Crippen molar-refractivity contribution in [3.63, 3.8) is 0 Å². The van der Waals surface area contributed by atoms with Crippen LogP contribution in [0.15, 0.2) is 6.33 Å². The predicted octanol–water partition coefficient (Wildman–Crippen LogP) is -0.174. The van der Waals surface area contributed by atoms with Crippen LogP contribution in [0.25, 0.3) is 0 Å². The number of hydrogen-bond donors (Lipinski definition) is 4. The quantitative estimate of drug-likeness (QED) is 0.423. The standard InChI is InChI=1S/C5H8ClN3O.H3O3P/c1-3(10)4(6)5-7-2-8-9-5;1-4(2)3/h2-4,10H,1H3,(H,7,8,9);4H,(H2,1,2,3). The third kappa shape index (κ3) is 6.06. The Bertz CT molecular complexity index is 264. The number of nitrogens with zero attached hydrogens (tertiary/aromatic N) is 2. The molecule has 0 spiro atoms. The molecule has 4 N–H and O–H groups in total. The molecule has 7 nitrogen and oxygen atoms in total. The van der Waals surface area contributed by atoms with Crippen LogP contribution in [0.1, 0.15) is 18.1 Å².